The summed E-state index contributed by atoms with van der Waals surface area (Å²) in [6, 6.07) is 11.6. The largest absolute Gasteiger partial charge is 0.487 e. The van der Waals surface area contributed by atoms with Gasteiger partial charge in [-0.05, 0) is 67.5 Å². The van der Waals surface area contributed by atoms with E-state index in [9.17, 15) is 9.18 Å². The fourth-order valence-electron chi connectivity index (χ4n) is 4.35. The van der Waals surface area contributed by atoms with Gasteiger partial charge < -0.3 is 25.3 Å². The summed E-state index contributed by atoms with van der Waals surface area (Å²) in [5.41, 5.74) is 4.45. The number of benzene rings is 2. The van der Waals surface area contributed by atoms with Crippen LogP contribution in [0, 0.1) is 12.7 Å². The predicted molar refractivity (Wildman–Crippen MR) is 152 cm³/mol. The van der Waals surface area contributed by atoms with Crippen molar-refractivity contribution in [2.24, 2.45) is 4.99 Å². The summed E-state index contributed by atoms with van der Waals surface area (Å²) in [5, 5.41) is 6.79. The number of carbonyl (C=O) groups excluding carboxylic acids is 1. The van der Waals surface area contributed by atoms with E-state index in [-0.39, 0.29) is 18.3 Å². The summed E-state index contributed by atoms with van der Waals surface area (Å²) in [7, 11) is 0. The second-order valence-corrected chi connectivity index (χ2v) is 9.38. The summed E-state index contributed by atoms with van der Waals surface area (Å²) in [6.07, 6.45) is 3.89. The van der Waals surface area contributed by atoms with E-state index in [1.54, 1.807) is 24.3 Å². The van der Waals surface area contributed by atoms with Crippen LogP contribution in [0.2, 0.25) is 5.02 Å². The molecule has 4 rings (SSSR count). The Hall–Kier alpha value is -3.62. The number of hydrogen-bond donors (Lipinski definition) is 3. The first kappa shape index (κ1) is 27.4. The van der Waals surface area contributed by atoms with Crippen molar-refractivity contribution in [3.8, 4) is 5.75 Å². The molecule has 0 spiro atoms. The zero-order valence-corrected chi connectivity index (χ0v) is 22.7. The molecule has 0 unspecified atom stereocenters. The van der Waals surface area contributed by atoms with Crippen molar-refractivity contribution in [2.45, 2.75) is 27.4 Å². The highest BCUT2D eigenvalue weighted by atomic mass is 35.5. The van der Waals surface area contributed by atoms with Crippen LogP contribution < -0.4 is 15.4 Å². The first-order valence-electron chi connectivity index (χ1n) is 12.8. The summed E-state index contributed by atoms with van der Waals surface area (Å²) in [5.74, 6) is 0.687. The lowest BCUT2D eigenvalue weighted by Gasteiger charge is -2.17. The lowest BCUT2D eigenvalue weighted by molar-refractivity contribution is 0.0944. The molecule has 200 valence electrons. The first-order valence-corrected chi connectivity index (χ1v) is 13.2. The number of aromatic nitrogens is 1. The SMILES string of the molecule is CCN(CC)CCNC(=O)c1[nH]c2c(c1C)C(Nc1ccc(OCc3cccc(F)c3)c(Cl)c1)=NCC=C2. The van der Waals surface area contributed by atoms with Gasteiger partial charge in [-0.15, -0.1) is 0 Å². The van der Waals surface area contributed by atoms with E-state index in [0.29, 0.717) is 41.0 Å². The van der Waals surface area contributed by atoms with Gasteiger partial charge in [-0.2, -0.15) is 0 Å². The molecule has 1 aliphatic rings. The number of fused-ring (bicyclic) bond motifs is 1. The van der Waals surface area contributed by atoms with Crippen LogP contribution in [-0.4, -0.2) is 54.4 Å². The highest BCUT2D eigenvalue weighted by molar-refractivity contribution is 6.32. The van der Waals surface area contributed by atoms with Gasteiger partial charge in [0.25, 0.3) is 5.91 Å². The molecule has 0 radical (unpaired) electrons. The number of halogens is 2. The molecular weight excluding hydrogens is 505 g/mol. The average molecular weight is 538 g/mol. The fourth-order valence-corrected chi connectivity index (χ4v) is 4.58. The van der Waals surface area contributed by atoms with Gasteiger partial charge in [0.05, 0.1) is 11.6 Å². The lowest BCUT2D eigenvalue weighted by atomic mass is 10.1. The number of anilines is 1. The molecule has 0 fully saturated rings. The average Bonchev–Trinajstić information content (AvgIpc) is 3.10. The Morgan fingerprint density at radius 1 is 1.21 bits per heavy atom. The Morgan fingerprint density at radius 3 is 2.76 bits per heavy atom. The molecule has 1 amide bonds. The fraction of sp³-hybridized carbons (Fsp3) is 0.310. The number of aliphatic imine (C=N–C) groups is 1. The van der Waals surface area contributed by atoms with Crippen LogP contribution in [-0.2, 0) is 6.61 Å². The zero-order chi connectivity index (χ0) is 27.1. The molecule has 38 heavy (non-hydrogen) atoms. The quantitative estimate of drug-likeness (QED) is 0.312. The number of aromatic amines is 1. The molecule has 2 heterocycles. The molecule has 0 atom stereocenters. The molecule has 1 aromatic heterocycles. The van der Waals surface area contributed by atoms with E-state index >= 15 is 0 Å². The molecule has 0 saturated carbocycles. The smallest absolute Gasteiger partial charge is 0.268 e. The van der Waals surface area contributed by atoms with Crippen molar-refractivity contribution in [1.29, 1.82) is 0 Å². The van der Waals surface area contributed by atoms with E-state index in [1.807, 2.05) is 25.1 Å². The first-order chi connectivity index (χ1) is 18.4. The van der Waals surface area contributed by atoms with E-state index < -0.39 is 0 Å². The van der Waals surface area contributed by atoms with Gasteiger partial charge in [0.1, 0.15) is 29.7 Å². The Kier molecular flexibility index (Phi) is 9.20. The number of amidine groups is 1. The van der Waals surface area contributed by atoms with Crippen LogP contribution in [0.5, 0.6) is 5.75 Å². The minimum Gasteiger partial charge on any atom is -0.487 e. The highest BCUT2D eigenvalue weighted by Crippen LogP contribution is 2.30. The van der Waals surface area contributed by atoms with Crippen LogP contribution in [0.1, 0.15) is 46.7 Å². The standard InChI is InChI=1S/C29H33ClFN5O2/c1-4-36(5-2)15-14-33-29(37)27-19(3)26-24(35-27)10-7-13-32-28(26)34-22-11-12-25(23(30)17-22)38-18-20-8-6-9-21(31)16-20/h6-12,16-17,35H,4-5,13-15,18H2,1-3H3,(H,32,34)(H,33,37). The third-order valence-corrected chi connectivity index (χ3v) is 6.76. The maximum atomic E-state index is 13.4. The number of rotatable bonds is 10. The van der Waals surface area contributed by atoms with Crippen LogP contribution in [0.15, 0.2) is 53.5 Å². The number of likely N-dealkylation sites (N-methyl/N-ethyl adjacent to an activating group) is 1. The molecule has 0 bridgehead atoms. The summed E-state index contributed by atoms with van der Waals surface area (Å²) >= 11 is 6.49. The summed E-state index contributed by atoms with van der Waals surface area (Å²) in [4.78, 5) is 23.2. The van der Waals surface area contributed by atoms with Crippen LogP contribution in [0.4, 0.5) is 10.1 Å². The maximum Gasteiger partial charge on any atom is 0.268 e. The van der Waals surface area contributed by atoms with E-state index in [1.165, 1.54) is 12.1 Å². The van der Waals surface area contributed by atoms with E-state index in [4.69, 9.17) is 16.3 Å². The summed E-state index contributed by atoms with van der Waals surface area (Å²) in [6.45, 7) is 10.1. The minimum absolute atomic E-state index is 0.140. The Morgan fingerprint density at radius 2 is 2.03 bits per heavy atom. The Bertz CT molecular complexity index is 1350. The van der Waals surface area contributed by atoms with Crippen molar-refractivity contribution in [2.75, 3.05) is 38.0 Å². The van der Waals surface area contributed by atoms with Gasteiger partial charge in [-0.1, -0.05) is 43.7 Å². The Labute approximate surface area is 227 Å². The molecule has 9 heteroatoms. The number of hydrogen-bond acceptors (Lipinski definition) is 5. The Balaban J connectivity index is 1.46. The molecule has 3 aromatic rings. The van der Waals surface area contributed by atoms with Crippen LogP contribution in [0.3, 0.4) is 0 Å². The maximum absolute atomic E-state index is 13.4. The van der Waals surface area contributed by atoms with Crippen LogP contribution in [0.25, 0.3) is 6.08 Å². The normalized spacial score (nSPS) is 12.6. The van der Waals surface area contributed by atoms with Crippen molar-refractivity contribution in [1.82, 2.24) is 15.2 Å². The molecular formula is C29H33ClFN5O2. The van der Waals surface area contributed by atoms with E-state index in [0.717, 1.165) is 42.1 Å². The van der Waals surface area contributed by atoms with Gasteiger partial charge in [0, 0.05) is 30.0 Å². The minimum atomic E-state index is -0.310. The van der Waals surface area contributed by atoms with Gasteiger partial charge in [-0.25, -0.2) is 4.39 Å². The number of H-pyrrole nitrogens is 1. The van der Waals surface area contributed by atoms with Gasteiger partial charge in [-0.3, -0.25) is 9.79 Å². The number of amides is 1. The second-order valence-electron chi connectivity index (χ2n) is 8.98. The van der Waals surface area contributed by atoms with Gasteiger partial charge in [0.2, 0.25) is 0 Å². The molecule has 7 nitrogen and oxygen atoms in total. The number of ether oxygens (including phenoxy) is 1. The number of nitrogens with one attached hydrogen (secondary N) is 3. The topological polar surface area (TPSA) is 81.8 Å². The molecule has 3 N–H and O–H groups in total. The summed E-state index contributed by atoms with van der Waals surface area (Å²) < 4.78 is 19.2. The predicted octanol–water partition coefficient (Wildman–Crippen LogP) is 5.65. The third kappa shape index (κ3) is 6.62. The third-order valence-electron chi connectivity index (χ3n) is 6.47. The van der Waals surface area contributed by atoms with E-state index in [2.05, 4.69) is 39.4 Å². The van der Waals surface area contributed by atoms with Gasteiger partial charge >= 0.3 is 0 Å². The van der Waals surface area contributed by atoms with Crippen molar-refractivity contribution >= 4 is 35.1 Å². The van der Waals surface area contributed by atoms with Crippen molar-refractivity contribution in [3.63, 3.8) is 0 Å². The van der Waals surface area contributed by atoms with Crippen molar-refractivity contribution < 1.29 is 13.9 Å². The monoisotopic (exact) mass is 537 g/mol. The highest BCUT2D eigenvalue weighted by Gasteiger charge is 2.23. The molecule has 0 saturated heterocycles. The van der Waals surface area contributed by atoms with Crippen molar-refractivity contribution in [3.05, 3.63) is 87.5 Å². The number of carbonyl (C=O) groups is 1. The molecule has 2 aromatic carbocycles. The zero-order valence-electron chi connectivity index (χ0n) is 21.9. The number of nitrogens with zero attached hydrogens (tertiary/aromatic N) is 2. The lowest BCUT2D eigenvalue weighted by Crippen LogP contribution is -2.35. The van der Waals surface area contributed by atoms with Gasteiger partial charge in [0.15, 0.2) is 0 Å². The second kappa shape index (κ2) is 12.8. The van der Waals surface area contributed by atoms with Crippen LogP contribution >= 0.6 is 11.6 Å². The molecule has 1 aliphatic heterocycles. The molecule has 0 aliphatic carbocycles.